The number of aliphatic hydroxyl groups is 1. The molecule has 0 aromatic heterocycles. The van der Waals surface area contributed by atoms with Gasteiger partial charge in [0.25, 0.3) is 5.91 Å². The van der Waals surface area contributed by atoms with E-state index in [1.54, 1.807) is 6.92 Å². The molecule has 1 amide bonds. The molecule has 0 spiro atoms. The number of nitrogens with one attached hydrogen (secondary N) is 1. The lowest BCUT2D eigenvalue weighted by atomic mass is 9.95. The first-order valence-electron chi connectivity index (χ1n) is 7.46. The Hall–Kier alpha value is -1.62. The number of ether oxygens (including phenoxy) is 1. The number of carbonyl (C=O) groups is 1. The molecular weight excluding hydrogens is 273 g/mol. The van der Waals surface area contributed by atoms with Crippen molar-refractivity contribution in [2.24, 2.45) is 0 Å². The Labute approximate surface area is 124 Å². The Morgan fingerprint density at radius 1 is 1.38 bits per heavy atom. The summed E-state index contributed by atoms with van der Waals surface area (Å²) < 4.78 is 18.8. The van der Waals surface area contributed by atoms with E-state index in [0.29, 0.717) is 5.56 Å². The highest BCUT2D eigenvalue weighted by atomic mass is 19.1. The van der Waals surface area contributed by atoms with Crippen molar-refractivity contribution in [1.82, 2.24) is 5.32 Å². The maximum atomic E-state index is 13.3. The number of halogens is 1. The number of hydrogen-bond acceptors (Lipinski definition) is 3. The van der Waals surface area contributed by atoms with Crippen molar-refractivity contribution >= 4 is 5.91 Å². The van der Waals surface area contributed by atoms with Crippen molar-refractivity contribution in [3.63, 3.8) is 0 Å². The highest BCUT2D eigenvalue weighted by molar-refractivity contribution is 5.81. The summed E-state index contributed by atoms with van der Waals surface area (Å²) in [6, 6.07) is 4.20. The van der Waals surface area contributed by atoms with Gasteiger partial charge in [-0.2, -0.15) is 0 Å². The van der Waals surface area contributed by atoms with Crippen molar-refractivity contribution in [3.05, 3.63) is 29.6 Å². The molecular formula is C16H22FNO3. The second kappa shape index (κ2) is 7.41. The van der Waals surface area contributed by atoms with Gasteiger partial charge in [-0.1, -0.05) is 19.3 Å². The zero-order chi connectivity index (χ0) is 15.2. The first kappa shape index (κ1) is 15.8. The van der Waals surface area contributed by atoms with E-state index < -0.39 is 11.9 Å². The standard InChI is InChI=1S/C16H22FNO3/c1-11(16(20)18-14-5-3-2-4-6-14)21-15-8-12(10-19)7-13(17)9-15/h7-9,11,14,19H,2-6,10H2,1H3,(H,18,20). The fourth-order valence-corrected chi connectivity index (χ4v) is 2.60. The van der Waals surface area contributed by atoms with Crippen LogP contribution >= 0.6 is 0 Å². The molecule has 116 valence electrons. The fourth-order valence-electron chi connectivity index (χ4n) is 2.60. The lowest BCUT2D eigenvalue weighted by molar-refractivity contribution is -0.128. The van der Waals surface area contributed by atoms with Gasteiger partial charge in [-0.3, -0.25) is 4.79 Å². The average Bonchev–Trinajstić information content (AvgIpc) is 2.47. The maximum absolute atomic E-state index is 13.3. The maximum Gasteiger partial charge on any atom is 0.260 e. The van der Waals surface area contributed by atoms with E-state index in [1.165, 1.54) is 24.6 Å². The van der Waals surface area contributed by atoms with Gasteiger partial charge in [0, 0.05) is 12.1 Å². The number of rotatable bonds is 5. The van der Waals surface area contributed by atoms with Crippen LogP contribution in [0.1, 0.15) is 44.6 Å². The Kier molecular flexibility index (Phi) is 5.56. The number of aliphatic hydroxyl groups excluding tert-OH is 1. The molecule has 1 unspecified atom stereocenters. The van der Waals surface area contributed by atoms with Crippen LogP contribution in [0.15, 0.2) is 18.2 Å². The van der Waals surface area contributed by atoms with E-state index >= 15 is 0 Å². The fraction of sp³-hybridized carbons (Fsp3) is 0.562. The highest BCUT2D eigenvalue weighted by Gasteiger charge is 2.20. The van der Waals surface area contributed by atoms with Crippen LogP contribution in [0.4, 0.5) is 4.39 Å². The van der Waals surface area contributed by atoms with Gasteiger partial charge in [0.1, 0.15) is 11.6 Å². The van der Waals surface area contributed by atoms with Crippen LogP contribution in [0.3, 0.4) is 0 Å². The van der Waals surface area contributed by atoms with Gasteiger partial charge in [-0.05, 0) is 37.5 Å². The molecule has 0 radical (unpaired) electrons. The Morgan fingerprint density at radius 3 is 2.76 bits per heavy atom. The van der Waals surface area contributed by atoms with Crippen LogP contribution in [0.5, 0.6) is 5.75 Å². The molecule has 5 heteroatoms. The van der Waals surface area contributed by atoms with Gasteiger partial charge in [0.05, 0.1) is 6.61 Å². The molecule has 1 aromatic rings. The molecule has 1 aromatic carbocycles. The molecule has 1 saturated carbocycles. The van der Waals surface area contributed by atoms with Gasteiger partial charge in [-0.25, -0.2) is 4.39 Å². The van der Waals surface area contributed by atoms with Crippen LogP contribution in [-0.2, 0) is 11.4 Å². The smallest absolute Gasteiger partial charge is 0.260 e. The lowest BCUT2D eigenvalue weighted by Crippen LogP contribution is -2.43. The molecule has 0 heterocycles. The average molecular weight is 295 g/mol. The molecule has 1 aliphatic rings. The minimum absolute atomic E-state index is 0.184. The van der Waals surface area contributed by atoms with Crippen LogP contribution < -0.4 is 10.1 Å². The molecule has 1 aliphatic carbocycles. The SMILES string of the molecule is CC(Oc1cc(F)cc(CO)c1)C(=O)NC1CCCCC1. The van der Waals surface area contributed by atoms with Gasteiger partial charge < -0.3 is 15.2 Å². The first-order chi connectivity index (χ1) is 10.1. The molecule has 2 N–H and O–H groups in total. The van der Waals surface area contributed by atoms with E-state index in [-0.39, 0.29) is 24.3 Å². The van der Waals surface area contributed by atoms with Crippen molar-refractivity contribution in [3.8, 4) is 5.75 Å². The first-order valence-corrected chi connectivity index (χ1v) is 7.46. The zero-order valence-electron chi connectivity index (χ0n) is 12.3. The van der Waals surface area contributed by atoms with Crippen molar-refractivity contribution in [2.75, 3.05) is 0 Å². The summed E-state index contributed by atoms with van der Waals surface area (Å²) in [5.41, 5.74) is 0.421. The summed E-state index contributed by atoms with van der Waals surface area (Å²) in [6.45, 7) is 1.37. The number of carbonyl (C=O) groups excluding carboxylic acids is 1. The van der Waals surface area contributed by atoms with Gasteiger partial charge in [0.2, 0.25) is 0 Å². The normalized spacial score (nSPS) is 17.3. The summed E-state index contributed by atoms with van der Waals surface area (Å²) in [6.07, 6.45) is 4.83. The van der Waals surface area contributed by atoms with E-state index in [9.17, 15) is 9.18 Å². The van der Waals surface area contributed by atoms with E-state index in [0.717, 1.165) is 25.7 Å². The van der Waals surface area contributed by atoms with Gasteiger partial charge in [0.15, 0.2) is 6.10 Å². The molecule has 4 nitrogen and oxygen atoms in total. The molecule has 0 saturated heterocycles. The van der Waals surface area contributed by atoms with Gasteiger partial charge in [-0.15, -0.1) is 0 Å². The van der Waals surface area contributed by atoms with Gasteiger partial charge >= 0.3 is 0 Å². The number of hydrogen-bond donors (Lipinski definition) is 2. The topological polar surface area (TPSA) is 58.6 Å². The monoisotopic (exact) mass is 295 g/mol. The Bertz CT molecular complexity index is 486. The van der Waals surface area contributed by atoms with Crippen molar-refractivity contribution < 1.29 is 19.0 Å². The highest BCUT2D eigenvalue weighted by Crippen LogP contribution is 2.19. The van der Waals surface area contributed by atoms with Crippen LogP contribution in [-0.4, -0.2) is 23.2 Å². The molecule has 0 aliphatic heterocycles. The van der Waals surface area contributed by atoms with Crippen LogP contribution in [0.2, 0.25) is 0 Å². The molecule has 1 atom stereocenters. The number of benzene rings is 1. The largest absolute Gasteiger partial charge is 0.481 e. The van der Waals surface area contributed by atoms with Crippen LogP contribution in [0, 0.1) is 5.82 Å². The van der Waals surface area contributed by atoms with Crippen molar-refractivity contribution in [1.29, 1.82) is 0 Å². The molecule has 1 fully saturated rings. The zero-order valence-corrected chi connectivity index (χ0v) is 12.3. The third kappa shape index (κ3) is 4.70. The minimum Gasteiger partial charge on any atom is -0.481 e. The summed E-state index contributed by atoms with van der Waals surface area (Å²) in [7, 11) is 0. The molecule has 0 bridgehead atoms. The van der Waals surface area contributed by atoms with Crippen molar-refractivity contribution in [2.45, 2.75) is 57.8 Å². The van der Waals surface area contributed by atoms with E-state index in [1.807, 2.05) is 0 Å². The minimum atomic E-state index is -0.694. The third-order valence-electron chi connectivity index (χ3n) is 3.75. The lowest BCUT2D eigenvalue weighted by Gasteiger charge is -2.24. The van der Waals surface area contributed by atoms with E-state index in [4.69, 9.17) is 9.84 Å². The summed E-state index contributed by atoms with van der Waals surface area (Å²) >= 11 is 0. The summed E-state index contributed by atoms with van der Waals surface area (Å²) in [5.74, 6) is -0.418. The quantitative estimate of drug-likeness (QED) is 0.877. The summed E-state index contributed by atoms with van der Waals surface area (Å²) in [5, 5.41) is 12.0. The molecule has 2 rings (SSSR count). The summed E-state index contributed by atoms with van der Waals surface area (Å²) in [4.78, 5) is 12.1. The Morgan fingerprint density at radius 2 is 2.10 bits per heavy atom. The number of amides is 1. The molecule has 21 heavy (non-hydrogen) atoms. The predicted octanol–water partition coefficient (Wildman–Crippen LogP) is 2.53. The second-order valence-electron chi connectivity index (χ2n) is 5.56. The van der Waals surface area contributed by atoms with E-state index in [2.05, 4.69) is 5.32 Å². The predicted molar refractivity (Wildman–Crippen MR) is 77.4 cm³/mol. The second-order valence-corrected chi connectivity index (χ2v) is 5.56. The Balaban J connectivity index is 1.92. The third-order valence-corrected chi connectivity index (χ3v) is 3.75. The van der Waals surface area contributed by atoms with Crippen LogP contribution in [0.25, 0.3) is 0 Å².